The van der Waals surface area contributed by atoms with Crippen molar-refractivity contribution < 1.29 is 9.59 Å². The van der Waals surface area contributed by atoms with Gasteiger partial charge in [-0.3, -0.25) is 24.5 Å². The van der Waals surface area contributed by atoms with Crippen molar-refractivity contribution in [3.8, 4) is 0 Å². The number of likely N-dealkylation sites (tertiary alicyclic amines) is 1. The lowest BCUT2D eigenvalue weighted by molar-refractivity contribution is -0.140. The fourth-order valence-corrected chi connectivity index (χ4v) is 5.00. The Morgan fingerprint density at radius 3 is 2.59 bits per heavy atom. The van der Waals surface area contributed by atoms with Crippen LogP contribution in [0.15, 0.2) is 53.5 Å². The number of carbonyl (C=O) groups excluding carboxylic acids is 2. The topological polar surface area (TPSA) is 87.5 Å². The Morgan fingerprint density at radius 2 is 1.97 bits per heavy atom. The van der Waals surface area contributed by atoms with Gasteiger partial charge < -0.3 is 10.2 Å². The molecule has 1 aliphatic rings. The Balaban J connectivity index is 1.66. The molecule has 198 valence electrons. The Labute approximate surface area is 221 Å². The Kier molecular flexibility index (Phi) is 10.5. The van der Waals surface area contributed by atoms with E-state index < -0.39 is 12.0 Å². The van der Waals surface area contributed by atoms with Crippen LogP contribution in [0.1, 0.15) is 89.5 Å². The summed E-state index contributed by atoms with van der Waals surface area (Å²) < 4.78 is 0. The minimum absolute atomic E-state index is 0.0472. The molecule has 37 heavy (non-hydrogen) atoms. The summed E-state index contributed by atoms with van der Waals surface area (Å²) in [5.41, 5.74) is 5.16. The van der Waals surface area contributed by atoms with Crippen LogP contribution in [0.5, 0.6) is 0 Å². The van der Waals surface area contributed by atoms with Crippen molar-refractivity contribution in [2.75, 3.05) is 6.54 Å². The third-order valence-electron chi connectivity index (χ3n) is 6.98. The number of nitrogens with zero attached hydrogens (tertiary/aromatic N) is 4. The third kappa shape index (κ3) is 7.34. The van der Waals surface area contributed by atoms with E-state index in [-0.39, 0.29) is 17.7 Å². The molecule has 1 aliphatic heterocycles. The van der Waals surface area contributed by atoms with E-state index in [1.54, 1.807) is 23.5 Å². The van der Waals surface area contributed by atoms with Gasteiger partial charge in [-0.2, -0.15) is 0 Å². The zero-order chi connectivity index (χ0) is 26.8. The molecule has 2 aromatic rings. The van der Waals surface area contributed by atoms with E-state index in [4.69, 9.17) is 0 Å². The van der Waals surface area contributed by atoms with Crippen LogP contribution in [0.4, 0.5) is 0 Å². The number of aromatic nitrogens is 2. The molecule has 2 unspecified atom stereocenters. The quantitative estimate of drug-likeness (QED) is 0.408. The normalized spacial score (nSPS) is 17.2. The predicted molar refractivity (Wildman–Crippen MR) is 149 cm³/mol. The van der Waals surface area contributed by atoms with E-state index in [1.807, 2.05) is 27.0 Å². The highest BCUT2D eigenvalue weighted by atomic mass is 16.2. The summed E-state index contributed by atoms with van der Waals surface area (Å²) in [5, 5.41) is 3.06. The van der Waals surface area contributed by atoms with Crippen LogP contribution >= 0.6 is 0 Å². The summed E-state index contributed by atoms with van der Waals surface area (Å²) in [6.45, 7) is 11.2. The van der Waals surface area contributed by atoms with Crippen molar-refractivity contribution in [3.05, 3.63) is 65.4 Å². The molecule has 1 saturated heterocycles. The maximum absolute atomic E-state index is 13.5. The smallest absolute Gasteiger partial charge is 0.243 e. The minimum atomic E-state index is -0.456. The highest BCUT2D eigenvalue weighted by Crippen LogP contribution is 2.29. The van der Waals surface area contributed by atoms with Gasteiger partial charge in [-0.25, -0.2) is 0 Å². The third-order valence-corrected chi connectivity index (χ3v) is 6.98. The van der Waals surface area contributed by atoms with Gasteiger partial charge in [-0.05, 0) is 62.1 Å². The second-order valence-electron chi connectivity index (χ2n) is 10.0. The number of carbonyl (C=O) groups is 2. The SMILES string of the molecule is CC=N/C(C)=C(\CCCC)c1ccc(CNC(=O)C2CCCN2C(=O)C(c2cnccn2)C(C)C)cc1. The van der Waals surface area contributed by atoms with E-state index in [0.717, 1.165) is 36.9 Å². The molecule has 0 saturated carbocycles. The average molecular weight is 504 g/mol. The second kappa shape index (κ2) is 13.8. The first-order valence-corrected chi connectivity index (χ1v) is 13.5. The predicted octanol–water partition coefficient (Wildman–Crippen LogP) is 5.54. The lowest BCUT2D eigenvalue weighted by Crippen LogP contribution is -2.48. The number of nitrogens with one attached hydrogen (secondary N) is 1. The number of amides is 2. The Morgan fingerprint density at radius 1 is 1.22 bits per heavy atom. The van der Waals surface area contributed by atoms with E-state index in [2.05, 4.69) is 58.4 Å². The first-order chi connectivity index (χ1) is 17.9. The molecule has 0 bridgehead atoms. The molecule has 3 rings (SSSR count). The molecule has 0 radical (unpaired) electrons. The fraction of sp³-hybridized carbons (Fsp3) is 0.500. The van der Waals surface area contributed by atoms with Crippen LogP contribution in [0, 0.1) is 5.92 Å². The summed E-state index contributed by atoms with van der Waals surface area (Å²) in [6.07, 6.45) is 11.4. The second-order valence-corrected chi connectivity index (χ2v) is 10.0. The summed E-state index contributed by atoms with van der Waals surface area (Å²) >= 11 is 0. The van der Waals surface area contributed by atoms with Gasteiger partial charge in [0.2, 0.25) is 11.8 Å². The van der Waals surface area contributed by atoms with Gasteiger partial charge in [0, 0.05) is 43.6 Å². The average Bonchev–Trinajstić information content (AvgIpc) is 3.39. The first-order valence-electron chi connectivity index (χ1n) is 13.5. The van der Waals surface area contributed by atoms with E-state index >= 15 is 0 Å². The monoisotopic (exact) mass is 503 g/mol. The molecule has 2 atom stereocenters. The van der Waals surface area contributed by atoms with Crippen molar-refractivity contribution in [2.45, 2.75) is 85.2 Å². The van der Waals surface area contributed by atoms with Gasteiger partial charge in [-0.15, -0.1) is 0 Å². The number of benzene rings is 1. The summed E-state index contributed by atoms with van der Waals surface area (Å²) in [6, 6.07) is 7.89. The van der Waals surface area contributed by atoms with Crippen LogP contribution in [-0.2, 0) is 16.1 Å². The molecule has 7 nitrogen and oxygen atoms in total. The first kappa shape index (κ1) is 28.2. The zero-order valence-electron chi connectivity index (χ0n) is 22.9. The molecule has 2 heterocycles. The summed E-state index contributed by atoms with van der Waals surface area (Å²) in [5.74, 6) is -0.512. The molecule has 1 aromatic carbocycles. The van der Waals surface area contributed by atoms with Crippen LogP contribution in [0.25, 0.3) is 5.57 Å². The van der Waals surface area contributed by atoms with E-state index in [0.29, 0.717) is 25.2 Å². The van der Waals surface area contributed by atoms with Gasteiger partial charge in [-0.1, -0.05) is 51.5 Å². The van der Waals surface area contributed by atoms with Crippen molar-refractivity contribution in [3.63, 3.8) is 0 Å². The van der Waals surface area contributed by atoms with Crippen molar-refractivity contribution in [1.29, 1.82) is 0 Å². The van der Waals surface area contributed by atoms with Crippen LogP contribution < -0.4 is 5.32 Å². The van der Waals surface area contributed by atoms with Crippen molar-refractivity contribution in [1.82, 2.24) is 20.2 Å². The molecular weight excluding hydrogens is 462 g/mol. The van der Waals surface area contributed by atoms with Crippen LogP contribution in [-0.4, -0.2) is 45.5 Å². The van der Waals surface area contributed by atoms with E-state index in [9.17, 15) is 9.59 Å². The number of rotatable bonds is 11. The molecule has 1 N–H and O–H groups in total. The summed E-state index contributed by atoms with van der Waals surface area (Å²) in [4.78, 5) is 41.4. The number of unbranched alkanes of at least 4 members (excludes halogenated alkanes) is 1. The number of aliphatic imine (C=N–C) groups is 1. The molecule has 2 amide bonds. The summed E-state index contributed by atoms with van der Waals surface area (Å²) in [7, 11) is 0. The Bertz CT molecular complexity index is 1090. The van der Waals surface area contributed by atoms with Gasteiger partial charge in [0.1, 0.15) is 6.04 Å². The van der Waals surface area contributed by atoms with E-state index in [1.165, 1.54) is 11.1 Å². The highest BCUT2D eigenvalue weighted by molar-refractivity contribution is 5.91. The van der Waals surface area contributed by atoms with Crippen LogP contribution in [0.3, 0.4) is 0 Å². The largest absolute Gasteiger partial charge is 0.350 e. The van der Waals surface area contributed by atoms with Crippen molar-refractivity contribution >= 4 is 23.6 Å². The number of allylic oxidation sites excluding steroid dienone is 2. The van der Waals surface area contributed by atoms with Crippen LogP contribution in [0.2, 0.25) is 0 Å². The Hall–Kier alpha value is -3.35. The number of hydrogen-bond donors (Lipinski definition) is 1. The molecular formula is C30H41N5O2. The highest BCUT2D eigenvalue weighted by Gasteiger charge is 2.39. The van der Waals surface area contributed by atoms with Gasteiger partial charge in [0.25, 0.3) is 0 Å². The van der Waals surface area contributed by atoms with Gasteiger partial charge >= 0.3 is 0 Å². The minimum Gasteiger partial charge on any atom is -0.350 e. The standard InChI is InChI=1S/C30H41N5O2/c1-6-8-10-25(22(5)32-7-2)24-14-12-23(13-15-24)19-34-29(36)27-11-9-18-35(27)30(37)28(21(3)4)26-20-31-16-17-33-26/h7,12-17,20-21,27-28H,6,8-11,18-19H2,1-5H3,(H,34,36)/b25-22+,32-7?. The number of hydrogen-bond acceptors (Lipinski definition) is 5. The molecule has 1 aromatic heterocycles. The fourth-order valence-electron chi connectivity index (χ4n) is 5.00. The molecule has 0 spiro atoms. The lowest BCUT2D eigenvalue weighted by atomic mass is 9.91. The van der Waals surface area contributed by atoms with Gasteiger partial charge in [0.15, 0.2) is 0 Å². The lowest BCUT2D eigenvalue weighted by Gasteiger charge is -2.29. The van der Waals surface area contributed by atoms with Gasteiger partial charge in [0.05, 0.1) is 11.6 Å². The maximum atomic E-state index is 13.5. The molecule has 1 fully saturated rings. The van der Waals surface area contributed by atoms with Crippen molar-refractivity contribution in [2.24, 2.45) is 10.9 Å². The molecule has 7 heteroatoms. The molecule has 0 aliphatic carbocycles. The zero-order valence-corrected chi connectivity index (χ0v) is 22.9. The maximum Gasteiger partial charge on any atom is 0.243 e.